The Bertz CT molecular complexity index is 1270. The molecule has 3 aromatic heterocycles. The number of hydrogen-bond donors (Lipinski definition) is 0. The molecule has 3 heteroatoms. The highest BCUT2D eigenvalue weighted by molar-refractivity contribution is 6.09. The average molecular weight is 332 g/mol. The van der Waals surface area contributed by atoms with Crippen LogP contribution in [0, 0.1) is 13.8 Å². The van der Waals surface area contributed by atoms with Gasteiger partial charge in [0.15, 0.2) is 18.3 Å². The van der Waals surface area contributed by atoms with E-state index >= 15 is 0 Å². The molecule has 1 aliphatic heterocycles. The van der Waals surface area contributed by atoms with Crippen LogP contribution in [0.4, 0.5) is 0 Å². The molecule has 0 fully saturated rings. The first-order valence-corrected chi connectivity index (χ1v) is 8.64. The topological polar surface area (TPSA) is 29.9 Å². The molecule has 1 aromatic carbocycles. The summed E-state index contributed by atoms with van der Waals surface area (Å²) in [5.74, 6) is 0.115. The lowest BCUT2D eigenvalue weighted by atomic mass is 9.96. The van der Waals surface area contributed by atoms with Crippen LogP contribution < -0.4 is 4.57 Å². The molecule has 3 nitrogen and oxygen atoms in total. The van der Waals surface area contributed by atoms with Crippen molar-refractivity contribution in [3.63, 3.8) is 0 Å². The summed E-state index contributed by atoms with van der Waals surface area (Å²) in [6.45, 7) is 4.53. The number of fused-ring (bicyclic) bond motifs is 7. The van der Waals surface area contributed by atoms with Gasteiger partial charge in [0.1, 0.15) is 0 Å². The summed E-state index contributed by atoms with van der Waals surface area (Å²) < 4.78 is 32.1. The van der Waals surface area contributed by atoms with Crippen molar-refractivity contribution in [2.24, 2.45) is 0 Å². The molecular weight excluding hydrogens is 308 g/mol. The van der Waals surface area contributed by atoms with Crippen LogP contribution in [0.3, 0.4) is 0 Å². The number of benzene rings is 1. The van der Waals surface area contributed by atoms with Gasteiger partial charge in [-0.15, -0.1) is 0 Å². The van der Waals surface area contributed by atoms with Crippen molar-refractivity contribution in [3.05, 3.63) is 58.9 Å². The Morgan fingerprint density at radius 3 is 2.84 bits per heavy atom. The highest BCUT2D eigenvalue weighted by Gasteiger charge is 2.31. The van der Waals surface area contributed by atoms with Gasteiger partial charge in [-0.25, -0.2) is 4.98 Å². The summed E-state index contributed by atoms with van der Waals surface area (Å²) in [6.07, 6.45) is 1.80. The first kappa shape index (κ1) is 11.8. The maximum absolute atomic E-state index is 7.95. The second kappa shape index (κ2) is 4.92. The molecule has 5 rings (SSSR count). The Labute approximate surface area is 151 Å². The van der Waals surface area contributed by atoms with Crippen LogP contribution in [-0.2, 0) is 6.54 Å². The number of furan rings is 1. The fraction of sp³-hybridized carbons (Fsp3) is 0.273. The Hall–Kier alpha value is -2.68. The van der Waals surface area contributed by atoms with Gasteiger partial charge in [-0.2, -0.15) is 4.57 Å². The van der Waals surface area contributed by atoms with E-state index in [1.165, 1.54) is 0 Å². The molecule has 0 amide bonds. The first-order chi connectivity index (χ1) is 13.2. The van der Waals surface area contributed by atoms with E-state index in [2.05, 4.69) is 23.2 Å². The van der Waals surface area contributed by atoms with Crippen LogP contribution in [-0.4, -0.2) is 4.98 Å². The number of rotatable bonds is 1. The van der Waals surface area contributed by atoms with E-state index in [0.717, 1.165) is 44.4 Å². The first-order valence-electron chi connectivity index (χ1n) is 10.1. The monoisotopic (exact) mass is 332 g/mol. The molecule has 124 valence electrons. The Morgan fingerprint density at radius 2 is 2.04 bits per heavy atom. The molecule has 0 atom stereocenters. The minimum atomic E-state index is -2.13. The second-order valence-electron chi connectivity index (χ2n) is 7.19. The van der Waals surface area contributed by atoms with E-state index in [1.807, 2.05) is 37.5 Å². The third-order valence-corrected chi connectivity index (χ3v) is 5.15. The minimum Gasteiger partial charge on any atom is -0.437 e. The summed E-state index contributed by atoms with van der Waals surface area (Å²) in [5.41, 5.74) is 6.87. The summed E-state index contributed by atoms with van der Waals surface area (Å²) in [5, 5.41) is 2.05. The largest absolute Gasteiger partial charge is 0.437 e. The van der Waals surface area contributed by atoms with Gasteiger partial charge in [-0.05, 0) is 43.5 Å². The average Bonchev–Trinajstić information content (AvgIpc) is 3.15. The lowest BCUT2D eigenvalue weighted by Crippen LogP contribution is -2.32. The highest BCUT2D eigenvalue weighted by atomic mass is 16.3. The second-order valence-corrected chi connectivity index (χ2v) is 7.19. The van der Waals surface area contributed by atoms with Gasteiger partial charge in [0, 0.05) is 37.8 Å². The molecule has 4 heterocycles. The number of pyridine rings is 2. The molecular formula is C22H21N2O+. The number of aromatic nitrogens is 2. The van der Waals surface area contributed by atoms with Crippen LogP contribution in [0.1, 0.15) is 46.3 Å². The van der Waals surface area contributed by atoms with Crippen LogP contribution in [0.5, 0.6) is 0 Å². The van der Waals surface area contributed by atoms with Gasteiger partial charge in [0.2, 0.25) is 11.4 Å². The van der Waals surface area contributed by atoms with Crippen LogP contribution >= 0.6 is 0 Å². The fourth-order valence-corrected chi connectivity index (χ4v) is 3.88. The number of hydrogen-bond acceptors (Lipinski definition) is 2. The van der Waals surface area contributed by atoms with Crippen molar-refractivity contribution >= 4 is 22.1 Å². The van der Waals surface area contributed by atoms with Crippen molar-refractivity contribution in [1.29, 1.82) is 0 Å². The molecule has 0 bridgehead atoms. The zero-order chi connectivity index (χ0) is 19.8. The maximum Gasteiger partial charge on any atom is 0.227 e. The third kappa shape index (κ3) is 1.98. The summed E-state index contributed by atoms with van der Waals surface area (Å²) in [7, 11) is 0. The Balaban J connectivity index is 1.83. The SMILES string of the molecule is [2H]C([2H])([2H])c1c[n+]2c(cc1C(C)C)-c1c(ccc3c1oc1nc(C)ccc13)C2. The maximum atomic E-state index is 7.95. The molecule has 0 spiro atoms. The van der Waals surface area contributed by atoms with Crippen molar-refractivity contribution in [3.8, 4) is 11.3 Å². The van der Waals surface area contributed by atoms with E-state index in [1.54, 1.807) is 6.20 Å². The van der Waals surface area contributed by atoms with Gasteiger partial charge >= 0.3 is 0 Å². The lowest BCUT2D eigenvalue weighted by Gasteiger charge is -2.08. The van der Waals surface area contributed by atoms with E-state index in [0.29, 0.717) is 17.8 Å². The molecule has 0 saturated carbocycles. The van der Waals surface area contributed by atoms with Gasteiger partial charge in [-0.3, -0.25) is 0 Å². The molecule has 0 unspecified atom stereocenters. The zero-order valence-electron chi connectivity index (χ0n) is 17.6. The van der Waals surface area contributed by atoms with Gasteiger partial charge in [0.05, 0.1) is 5.56 Å². The normalized spacial score (nSPS) is 15.3. The van der Waals surface area contributed by atoms with Gasteiger partial charge < -0.3 is 4.42 Å². The summed E-state index contributed by atoms with van der Waals surface area (Å²) >= 11 is 0. The molecule has 1 aliphatic rings. The molecule has 0 N–H and O–H groups in total. The molecule has 0 saturated heterocycles. The van der Waals surface area contributed by atoms with E-state index in [9.17, 15) is 0 Å². The van der Waals surface area contributed by atoms with Crippen LogP contribution in [0.25, 0.3) is 33.3 Å². The van der Waals surface area contributed by atoms with E-state index < -0.39 is 6.85 Å². The van der Waals surface area contributed by atoms with Gasteiger partial charge in [0.25, 0.3) is 0 Å². The van der Waals surface area contributed by atoms with Crippen molar-refractivity contribution in [2.45, 2.75) is 40.1 Å². The fourth-order valence-electron chi connectivity index (χ4n) is 3.88. The van der Waals surface area contributed by atoms with E-state index in [-0.39, 0.29) is 5.92 Å². The predicted octanol–water partition coefficient (Wildman–Crippen LogP) is 5.04. The molecule has 4 aromatic rings. The van der Waals surface area contributed by atoms with Crippen LogP contribution in [0.15, 0.2) is 40.9 Å². The van der Waals surface area contributed by atoms with Crippen LogP contribution in [0.2, 0.25) is 0 Å². The van der Waals surface area contributed by atoms with Crippen molar-refractivity contribution in [1.82, 2.24) is 4.98 Å². The predicted molar refractivity (Wildman–Crippen MR) is 99.8 cm³/mol. The quantitative estimate of drug-likeness (QED) is 0.403. The molecule has 0 aliphatic carbocycles. The molecule has 0 radical (unpaired) electrons. The van der Waals surface area contributed by atoms with E-state index in [4.69, 9.17) is 8.53 Å². The smallest absolute Gasteiger partial charge is 0.227 e. The number of aryl methyl sites for hydroxylation is 2. The van der Waals surface area contributed by atoms with Crippen molar-refractivity contribution < 1.29 is 13.1 Å². The van der Waals surface area contributed by atoms with Crippen molar-refractivity contribution in [2.75, 3.05) is 0 Å². The standard InChI is InChI=1S/C22H21N2O/c1-12(2)18-9-19-20-15(11-24(19)10-13(18)3)6-8-16-17-7-5-14(4)23-22(17)25-21(16)20/h5-10,12H,11H2,1-4H3/q+1/i3D3. The molecule has 25 heavy (non-hydrogen) atoms. The third-order valence-electron chi connectivity index (χ3n) is 5.15. The van der Waals surface area contributed by atoms with Gasteiger partial charge in [-0.1, -0.05) is 19.9 Å². The lowest BCUT2D eigenvalue weighted by molar-refractivity contribution is -0.672. The number of nitrogens with zero attached hydrogens (tertiary/aromatic N) is 2. The summed E-state index contributed by atoms with van der Waals surface area (Å²) in [4.78, 5) is 4.54. The minimum absolute atomic E-state index is 0.115. The Morgan fingerprint density at radius 1 is 1.20 bits per heavy atom. The Kier molecular flexibility index (Phi) is 2.32. The zero-order valence-corrected chi connectivity index (χ0v) is 14.6. The highest BCUT2D eigenvalue weighted by Crippen LogP contribution is 2.39. The summed E-state index contributed by atoms with van der Waals surface area (Å²) in [6, 6.07) is 10.3.